The summed E-state index contributed by atoms with van der Waals surface area (Å²) in [6.45, 7) is 0. The lowest BCUT2D eigenvalue weighted by Gasteiger charge is -2.16. The number of nitrogens with one attached hydrogen (secondary N) is 1. The van der Waals surface area contributed by atoms with Crippen LogP contribution in [0.15, 0.2) is 30.3 Å². The third kappa shape index (κ3) is 2.78. The molecule has 100 valence electrons. The van der Waals surface area contributed by atoms with E-state index in [2.05, 4.69) is 17.4 Å². The molecule has 2 fully saturated rings. The van der Waals surface area contributed by atoms with E-state index in [1.165, 1.54) is 5.56 Å². The van der Waals surface area contributed by atoms with Crippen molar-refractivity contribution < 1.29 is 4.79 Å². The molecule has 3 rings (SSSR count). The van der Waals surface area contributed by atoms with E-state index < -0.39 is 0 Å². The smallest absolute Gasteiger partial charge is 0.224 e. The highest BCUT2D eigenvalue weighted by Gasteiger charge is 2.45. The van der Waals surface area contributed by atoms with Crippen molar-refractivity contribution in [3.8, 4) is 0 Å². The molecule has 1 aromatic rings. The van der Waals surface area contributed by atoms with E-state index in [0.29, 0.717) is 16.8 Å². The Kier molecular flexibility index (Phi) is 3.27. The van der Waals surface area contributed by atoms with E-state index in [-0.39, 0.29) is 17.9 Å². The molecule has 0 radical (unpaired) electrons. The molecule has 0 spiro atoms. The first kappa shape index (κ1) is 12.6. The summed E-state index contributed by atoms with van der Waals surface area (Å²) in [5.74, 6) is 1.04. The molecule has 19 heavy (non-hydrogen) atoms. The highest BCUT2D eigenvalue weighted by Crippen LogP contribution is 2.47. The van der Waals surface area contributed by atoms with Gasteiger partial charge in [-0.25, -0.2) is 0 Å². The Bertz CT molecular complexity index is 498. The normalized spacial score (nSPS) is 26.5. The van der Waals surface area contributed by atoms with Gasteiger partial charge >= 0.3 is 0 Å². The standard InChI is InChI=1S/C15H18N2OS/c16-14(19)13(10-6-7-10)17-15(18)12-8-11(12)9-4-2-1-3-5-9/h1-5,10-13H,6-8H2,(H2,16,19)(H,17,18). The minimum absolute atomic E-state index is 0.0954. The number of carbonyl (C=O) groups is 1. The molecule has 3 N–H and O–H groups in total. The first-order valence-corrected chi connectivity index (χ1v) is 7.22. The fourth-order valence-electron chi connectivity index (χ4n) is 2.66. The van der Waals surface area contributed by atoms with Gasteiger partial charge in [0.05, 0.1) is 11.0 Å². The zero-order valence-electron chi connectivity index (χ0n) is 10.7. The predicted octanol–water partition coefficient (Wildman–Crippen LogP) is 1.97. The van der Waals surface area contributed by atoms with Gasteiger partial charge in [-0.2, -0.15) is 0 Å². The molecule has 3 nitrogen and oxygen atoms in total. The van der Waals surface area contributed by atoms with Gasteiger partial charge < -0.3 is 11.1 Å². The van der Waals surface area contributed by atoms with Crippen LogP contribution < -0.4 is 11.1 Å². The zero-order valence-corrected chi connectivity index (χ0v) is 11.5. The van der Waals surface area contributed by atoms with Crippen LogP contribution in [0.5, 0.6) is 0 Å². The SMILES string of the molecule is NC(=S)C(NC(=O)C1CC1c1ccccc1)C1CC1. The molecule has 0 heterocycles. The number of amides is 1. The molecular formula is C15H18N2OS. The summed E-state index contributed by atoms with van der Waals surface area (Å²) in [6, 6.07) is 10.1. The fourth-order valence-corrected chi connectivity index (χ4v) is 2.92. The Morgan fingerprint density at radius 1 is 1.32 bits per heavy atom. The van der Waals surface area contributed by atoms with Gasteiger partial charge in [-0.05, 0) is 36.7 Å². The Hall–Kier alpha value is -1.42. The molecule has 3 atom stereocenters. The molecule has 0 bridgehead atoms. The minimum atomic E-state index is -0.0977. The monoisotopic (exact) mass is 274 g/mol. The van der Waals surface area contributed by atoms with E-state index in [4.69, 9.17) is 18.0 Å². The first-order chi connectivity index (χ1) is 9.16. The second-order valence-electron chi connectivity index (χ2n) is 5.59. The summed E-state index contributed by atoms with van der Waals surface area (Å²) >= 11 is 5.04. The van der Waals surface area contributed by atoms with E-state index in [1.54, 1.807) is 0 Å². The summed E-state index contributed by atoms with van der Waals surface area (Å²) in [4.78, 5) is 12.6. The Morgan fingerprint density at radius 3 is 2.58 bits per heavy atom. The van der Waals surface area contributed by atoms with Gasteiger partial charge in [0.1, 0.15) is 0 Å². The maximum Gasteiger partial charge on any atom is 0.224 e. The summed E-state index contributed by atoms with van der Waals surface area (Å²) in [5, 5.41) is 3.03. The van der Waals surface area contributed by atoms with Crippen LogP contribution in [-0.4, -0.2) is 16.9 Å². The molecule has 0 saturated heterocycles. The number of thiocarbonyl (C=S) groups is 1. The van der Waals surface area contributed by atoms with Crippen LogP contribution >= 0.6 is 12.2 Å². The fraction of sp³-hybridized carbons (Fsp3) is 0.467. The van der Waals surface area contributed by atoms with E-state index in [0.717, 1.165) is 19.3 Å². The lowest BCUT2D eigenvalue weighted by Crippen LogP contribution is -2.45. The average molecular weight is 274 g/mol. The topological polar surface area (TPSA) is 55.1 Å². The van der Waals surface area contributed by atoms with Crippen LogP contribution in [-0.2, 0) is 4.79 Å². The zero-order chi connectivity index (χ0) is 13.4. The van der Waals surface area contributed by atoms with Crippen molar-refractivity contribution in [2.75, 3.05) is 0 Å². The average Bonchev–Trinajstić information content (AvgIpc) is 3.29. The largest absolute Gasteiger partial charge is 0.392 e. The van der Waals surface area contributed by atoms with Crippen molar-refractivity contribution in [1.82, 2.24) is 5.32 Å². The number of hydrogen-bond donors (Lipinski definition) is 2. The quantitative estimate of drug-likeness (QED) is 0.807. The number of carbonyl (C=O) groups excluding carboxylic acids is 1. The van der Waals surface area contributed by atoms with Crippen LogP contribution in [0.3, 0.4) is 0 Å². The van der Waals surface area contributed by atoms with E-state index in [9.17, 15) is 4.79 Å². The lowest BCUT2D eigenvalue weighted by atomic mass is 10.1. The Balaban J connectivity index is 1.59. The van der Waals surface area contributed by atoms with Crippen molar-refractivity contribution in [3.63, 3.8) is 0 Å². The Morgan fingerprint density at radius 2 is 2.00 bits per heavy atom. The van der Waals surface area contributed by atoms with Crippen molar-refractivity contribution in [2.24, 2.45) is 17.6 Å². The molecule has 0 aromatic heterocycles. The van der Waals surface area contributed by atoms with Gasteiger partial charge in [0.2, 0.25) is 5.91 Å². The molecule has 3 unspecified atom stereocenters. The van der Waals surface area contributed by atoms with Crippen LogP contribution in [0.4, 0.5) is 0 Å². The molecule has 2 aliphatic carbocycles. The molecule has 2 aliphatic rings. The number of benzene rings is 1. The minimum Gasteiger partial charge on any atom is -0.392 e. The van der Waals surface area contributed by atoms with E-state index >= 15 is 0 Å². The maximum absolute atomic E-state index is 12.2. The van der Waals surface area contributed by atoms with Gasteiger partial charge in [0, 0.05) is 5.92 Å². The molecule has 1 amide bonds. The van der Waals surface area contributed by atoms with E-state index in [1.807, 2.05) is 18.2 Å². The summed E-state index contributed by atoms with van der Waals surface area (Å²) in [7, 11) is 0. The maximum atomic E-state index is 12.2. The summed E-state index contributed by atoms with van der Waals surface area (Å²) < 4.78 is 0. The summed E-state index contributed by atoms with van der Waals surface area (Å²) in [6.07, 6.45) is 3.18. The van der Waals surface area contributed by atoms with Crippen LogP contribution in [0.25, 0.3) is 0 Å². The third-order valence-corrected chi connectivity index (χ3v) is 4.31. The predicted molar refractivity (Wildman–Crippen MR) is 78.7 cm³/mol. The molecule has 0 aliphatic heterocycles. The second kappa shape index (κ2) is 4.93. The highest BCUT2D eigenvalue weighted by atomic mass is 32.1. The van der Waals surface area contributed by atoms with Crippen LogP contribution in [0.2, 0.25) is 0 Å². The van der Waals surface area contributed by atoms with Gasteiger partial charge in [0.15, 0.2) is 0 Å². The van der Waals surface area contributed by atoms with Crippen molar-refractivity contribution in [3.05, 3.63) is 35.9 Å². The highest BCUT2D eigenvalue weighted by molar-refractivity contribution is 7.80. The van der Waals surface area contributed by atoms with Gasteiger partial charge in [-0.1, -0.05) is 42.5 Å². The van der Waals surface area contributed by atoms with Crippen molar-refractivity contribution in [2.45, 2.75) is 31.2 Å². The van der Waals surface area contributed by atoms with Crippen LogP contribution in [0, 0.1) is 11.8 Å². The van der Waals surface area contributed by atoms with Gasteiger partial charge in [-0.15, -0.1) is 0 Å². The molecular weight excluding hydrogens is 256 g/mol. The van der Waals surface area contributed by atoms with Crippen molar-refractivity contribution in [1.29, 1.82) is 0 Å². The van der Waals surface area contributed by atoms with Crippen molar-refractivity contribution >= 4 is 23.1 Å². The molecule has 4 heteroatoms. The van der Waals surface area contributed by atoms with Crippen LogP contribution in [0.1, 0.15) is 30.7 Å². The second-order valence-corrected chi connectivity index (χ2v) is 6.06. The lowest BCUT2D eigenvalue weighted by molar-refractivity contribution is -0.122. The van der Waals surface area contributed by atoms with Gasteiger partial charge in [0.25, 0.3) is 0 Å². The number of nitrogens with two attached hydrogens (primary N) is 1. The molecule has 1 aromatic carbocycles. The number of rotatable bonds is 5. The summed E-state index contributed by atoms with van der Waals surface area (Å²) in [5.41, 5.74) is 6.96. The molecule has 2 saturated carbocycles. The van der Waals surface area contributed by atoms with Gasteiger partial charge in [-0.3, -0.25) is 4.79 Å². The Labute approximate surface area is 118 Å². The third-order valence-electron chi connectivity index (χ3n) is 4.05. The number of hydrogen-bond acceptors (Lipinski definition) is 2. The first-order valence-electron chi connectivity index (χ1n) is 6.81.